The maximum absolute atomic E-state index is 14.5. The summed E-state index contributed by atoms with van der Waals surface area (Å²) in [5.41, 5.74) is 2.17. The van der Waals surface area contributed by atoms with Crippen LogP contribution in [-0.4, -0.2) is 148 Å². The number of esters is 1. The van der Waals surface area contributed by atoms with E-state index in [4.69, 9.17) is 33.5 Å². The number of rotatable bonds is 10. The molecule has 406 valence electrons. The first-order chi connectivity index (χ1) is 34.5. The molecule has 0 aromatic heterocycles. The van der Waals surface area contributed by atoms with Gasteiger partial charge in [0.25, 0.3) is 11.7 Å². The molecule has 13 atom stereocenters. The summed E-state index contributed by atoms with van der Waals surface area (Å²) in [5.74, 6) is -9.15. The van der Waals surface area contributed by atoms with Crippen molar-refractivity contribution in [3.8, 4) is 5.75 Å². The molecule has 0 aliphatic carbocycles. The summed E-state index contributed by atoms with van der Waals surface area (Å²) in [7, 11) is 2.97. The Morgan fingerprint density at radius 2 is 1.64 bits per heavy atom. The van der Waals surface area contributed by atoms with Crippen molar-refractivity contribution >= 4 is 35.4 Å². The minimum absolute atomic E-state index is 0.0174. The van der Waals surface area contributed by atoms with Gasteiger partial charge in [0.05, 0.1) is 25.9 Å². The third kappa shape index (κ3) is 17.0. The molecular formula is C55H79NO17. The third-order valence-electron chi connectivity index (χ3n) is 14.2. The monoisotopic (exact) mass is 1030 g/mol. The quantitative estimate of drug-likeness (QED) is 0.114. The van der Waals surface area contributed by atoms with Crippen molar-refractivity contribution in [3.63, 3.8) is 0 Å². The van der Waals surface area contributed by atoms with Gasteiger partial charge < -0.3 is 58.9 Å². The SMILES string of the molecule is COc1cc(C[C@@H](C)[C@@H]2CC(=O)[C@H](C)/C=C(\C)[C@@H](O)[C@@H](O)C(=O)[C@H](C)C[C@H](C)/C=C/C=C/C=C(\C)[C@@H](OC)C[C@@H]3CC[C@@H](C)[C@@](O)(O3)C(=O)C(=O)N3CCCC[C@H]3C(=O)O2)ccc1COC(=O)OC[C@@H](O)CO. The van der Waals surface area contributed by atoms with E-state index < -0.39 is 121 Å². The highest BCUT2D eigenvalue weighted by atomic mass is 16.7. The predicted molar refractivity (Wildman–Crippen MR) is 268 cm³/mol. The standard InChI is InChI=1S/C55H79NO17/c1-32-15-11-10-12-16-33(2)45(68-8)27-42-21-18-38(7)55(67,73-42)51(63)52(64)56-22-14-13-17-43(56)53(65)72-46(28-44(59)34(3)24-37(6)49(61)50(62)48(60)36(5)23-32)35(4)25-39-19-20-40(47(26-39)69-9)30-70-54(66)71-31-41(58)29-57/h10-12,15-16,19-20,24,26,32,34-36,38,41-43,45-46,49-50,57-58,61-62,67H,13-14,17-18,21-23,25,27-31H2,1-9H3/b12-10+,15-11+,33-16+,37-24+/t32-,34-,35-,36-,38-,41+,42+,43+,45+,46+,49-,50+,55-/m1/s1. The highest BCUT2D eigenvalue weighted by molar-refractivity contribution is 6.39. The van der Waals surface area contributed by atoms with Gasteiger partial charge in [-0.05, 0) is 93.4 Å². The number of Topliss-reactive ketones (excluding diaryl/α,β-unsaturated/α-hetero) is 3. The van der Waals surface area contributed by atoms with Crippen LogP contribution < -0.4 is 4.74 Å². The Labute approximate surface area is 429 Å². The smallest absolute Gasteiger partial charge is 0.496 e. The predicted octanol–water partition coefficient (Wildman–Crippen LogP) is 5.22. The van der Waals surface area contributed by atoms with Crippen LogP contribution in [0.15, 0.2) is 65.8 Å². The van der Waals surface area contributed by atoms with Crippen molar-refractivity contribution in [1.29, 1.82) is 0 Å². The average molecular weight is 1030 g/mol. The molecule has 0 spiro atoms. The molecule has 0 saturated carbocycles. The Morgan fingerprint density at radius 3 is 2.33 bits per heavy atom. The van der Waals surface area contributed by atoms with E-state index in [2.05, 4.69) is 0 Å². The Balaban J connectivity index is 1.69. The van der Waals surface area contributed by atoms with Crippen molar-refractivity contribution in [2.24, 2.45) is 29.6 Å². The van der Waals surface area contributed by atoms with Crippen molar-refractivity contribution in [1.82, 2.24) is 4.90 Å². The second-order valence-corrected chi connectivity index (χ2v) is 20.2. The molecular weight excluding hydrogens is 947 g/mol. The Kier molecular flexibility index (Phi) is 23.7. The molecule has 4 rings (SSSR count). The number of aliphatic hydroxyl groups is 5. The summed E-state index contributed by atoms with van der Waals surface area (Å²) < 4.78 is 33.7. The zero-order chi connectivity index (χ0) is 54.2. The molecule has 5 N–H and O–H groups in total. The Bertz CT molecular complexity index is 2180. The van der Waals surface area contributed by atoms with Crippen molar-refractivity contribution in [2.75, 3.05) is 34.0 Å². The van der Waals surface area contributed by atoms with E-state index in [9.17, 15) is 49.2 Å². The highest BCUT2D eigenvalue weighted by Crippen LogP contribution is 2.37. The molecule has 18 nitrogen and oxygen atoms in total. The molecule has 1 aromatic carbocycles. The minimum atomic E-state index is -2.49. The van der Waals surface area contributed by atoms with Gasteiger partial charge in [-0.3, -0.25) is 19.2 Å². The maximum Gasteiger partial charge on any atom is 0.508 e. The number of ketones is 3. The summed E-state index contributed by atoms with van der Waals surface area (Å²) in [6.07, 6.45) is 5.36. The molecule has 1 amide bonds. The largest absolute Gasteiger partial charge is 0.508 e. The van der Waals surface area contributed by atoms with Crippen molar-refractivity contribution < 1.29 is 82.7 Å². The summed E-state index contributed by atoms with van der Waals surface area (Å²) in [6, 6.07) is 3.84. The van der Waals surface area contributed by atoms with Crippen LogP contribution in [-0.2, 0) is 60.7 Å². The number of carbonyl (C=O) groups excluding carboxylic acids is 6. The van der Waals surface area contributed by atoms with Gasteiger partial charge in [0.1, 0.15) is 55.2 Å². The number of methoxy groups -OCH3 is 2. The van der Waals surface area contributed by atoms with Crippen LogP contribution in [0.2, 0.25) is 0 Å². The molecule has 2 saturated heterocycles. The topological polar surface area (TPSA) is 262 Å². The molecule has 2 bridgehead atoms. The van der Waals surface area contributed by atoms with Crippen molar-refractivity contribution in [2.45, 2.75) is 161 Å². The number of carbonyl (C=O) groups is 6. The number of ether oxygens (including phenoxy) is 6. The zero-order valence-electron chi connectivity index (χ0n) is 43.9. The Hall–Kier alpha value is -5.08. The number of piperidine rings is 1. The Morgan fingerprint density at radius 1 is 0.918 bits per heavy atom. The number of allylic oxidation sites excluding steroid dienone is 6. The molecule has 3 aliphatic heterocycles. The molecule has 73 heavy (non-hydrogen) atoms. The van der Waals surface area contributed by atoms with Gasteiger partial charge in [-0.25, -0.2) is 9.59 Å². The molecule has 1 aromatic rings. The summed E-state index contributed by atoms with van der Waals surface area (Å²) in [6.45, 7) is 10.7. The second kappa shape index (κ2) is 28.6. The number of amides is 1. The summed E-state index contributed by atoms with van der Waals surface area (Å²) in [4.78, 5) is 83.8. The van der Waals surface area contributed by atoms with Crippen LogP contribution in [0.5, 0.6) is 5.75 Å². The molecule has 3 aliphatic rings. The van der Waals surface area contributed by atoms with Gasteiger partial charge in [0.15, 0.2) is 5.78 Å². The fourth-order valence-electron chi connectivity index (χ4n) is 9.49. The lowest BCUT2D eigenvalue weighted by molar-refractivity contribution is -0.265. The maximum atomic E-state index is 14.5. The number of aliphatic hydroxyl groups excluding tert-OH is 4. The normalized spacial score (nSPS) is 33.2. The van der Waals surface area contributed by atoms with Crippen LogP contribution in [0.1, 0.15) is 111 Å². The van der Waals surface area contributed by atoms with E-state index in [0.29, 0.717) is 49.0 Å². The average Bonchev–Trinajstić information content (AvgIpc) is 3.37. The van der Waals surface area contributed by atoms with E-state index in [-0.39, 0.29) is 50.3 Å². The number of benzene rings is 1. The molecule has 0 unspecified atom stereocenters. The van der Waals surface area contributed by atoms with Crippen LogP contribution in [0.3, 0.4) is 0 Å². The van der Waals surface area contributed by atoms with E-state index >= 15 is 0 Å². The van der Waals surface area contributed by atoms with Crippen molar-refractivity contribution in [3.05, 3.63) is 76.9 Å². The highest BCUT2D eigenvalue weighted by Gasteiger charge is 2.53. The fourth-order valence-corrected chi connectivity index (χ4v) is 9.49. The molecule has 3 heterocycles. The van der Waals surface area contributed by atoms with Gasteiger partial charge in [-0.15, -0.1) is 0 Å². The fraction of sp³-hybridized carbons (Fsp3) is 0.636. The van der Waals surface area contributed by atoms with Gasteiger partial charge in [0.2, 0.25) is 5.79 Å². The lowest BCUT2D eigenvalue weighted by Crippen LogP contribution is -2.61. The van der Waals surface area contributed by atoms with Gasteiger partial charge >= 0.3 is 12.1 Å². The van der Waals surface area contributed by atoms with Crippen LogP contribution in [0.4, 0.5) is 4.79 Å². The van der Waals surface area contributed by atoms with Crippen LogP contribution >= 0.6 is 0 Å². The van der Waals surface area contributed by atoms with Gasteiger partial charge in [0, 0.05) is 49.8 Å². The summed E-state index contributed by atoms with van der Waals surface area (Å²) >= 11 is 0. The zero-order valence-corrected chi connectivity index (χ0v) is 43.9. The van der Waals surface area contributed by atoms with Crippen LogP contribution in [0, 0.1) is 29.6 Å². The first-order valence-electron chi connectivity index (χ1n) is 25.4. The van der Waals surface area contributed by atoms with E-state index in [0.717, 1.165) is 10.5 Å². The number of nitrogens with zero attached hydrogens (tertiary/aromatic N) is 1. The minimum Gasteiger partial charge on any atom is -0.496 e. The van der Waals surface area contributed by atoms with E-state index in [1.54, 1.807) is 53.0 Å². The molecule has 0 radical (unpaired) electrons. The number of hydrogen-bond donors (Lipinski definition) is 5. The van der Waals surface area contributed by atoms with E-state index in [1.165, 1.54) is 20.1 Å². The van der Waals surface area contributed by atoms with E-state index in [1.807, 2.05) is 44.2 Å². The number of cyclic esters (lactones) is 1. The lowest BCUT2D eigenvalue weighted by atomic mass is 9.85. The number of hydrogen-bond acceptors (Lipinski definition) is 17. The van der Waals surface area contributed by atoms with Gasteiger partial charge in [-0.2, -0.15) is 0 Å². The molecule has 18 heteroatoms. The number of fused-ring (bicyclic) bond motifs is 3. The third-order valence-corrected chi connectivity index (χ3v) is 14.2. The first-order valence-corrected chi connectivity index (χ1v) is 25.4. The molecule has 2 fully saturated rings. The first kappa shape index (κ1) is 60.5. The second-order valence-electron chi connectivity index (χ2n) is 20.2. The summed E-state index contributed by atoms with van der Waals surface area (Å²) in [5, 5.41) is 52.7. The van der Waals surface area contributed by atoms with Crippen LogP contribution in [0.25, 0.3) is 0 Å². The van der Waals surface area contributed by atoms with Gasteiger partial charge in [-0.1, -0.05) is 83.2 Å². The lowest BCUT2D eigenvalue weighted by Gasteiger charge is -2.42.